The molecule has 2 aromatic heterocycles. The van der Waals surface area contributed by atoms with E-state index in [1.807, 2.05) is 85.9 Å². The third-order valence-corrected chi connectivity index (χ3v) is 11.4. The van der Waals surface area contributed by atoms with Crippen LogP contribution in [0.1, 0.15) is 107 Å². The summed E-state index contributed by atoms with van der Waals surface area (Å²) in [6.07, 6.45) is 12.0. The van der Waals surface area contributed by atoms with Crippen LogP contribution in [0.5, 0.6) is 0 Å². The van der Waals surface area contributed by atoms with Crippen LogP contribution in [-0.2, 0) is 49.8 Å². The minimum atomic E-state index is 0. The number of para-hydroxylation sites is 1. The first kappa shape index (κ1) is 59.3. The number of pyridine rings is 2. The molecule has 8 nitrogen and oxygen atoms in total. The van der Waals surface area contributed by atoms with Gasteiger partial charge in [-0.1, -0.05) is 110 Å². The van der Waals surface area contributed by atoms with Crippen LogP contribution in [0.25, 0.3) is 44.2 Å². The van der Waals surface area contributed by atoms with Crippen molar-refractivity contribution < 1.29 is 60.0 Å². The Balaban J connectivity index is 0.000000252. The predicted molar refractivity (Wildman–Crippen MR) is 284 cm³/mol. The Labute approximate surface area is 445 Å². The number of aliphatic hydroxyl groups excluding tert-OH is 2. The molecule has 0 spiro atoms. The van der Waals surface area contributed by atoms with E-state index >= 15 is 0 Å². The first-order valence-electron chi connectivity index (χ1n) is 24.7. The van der Waals surface area contributed by atoms with Gasteiger partial charge in [0.25, 0.3) is 0 Å². The van der Waals surface area contributed by atoms with Crippen LogP contribution in [0.15, 0.2) is 133 Å². The normalized spacial score (nSPS) is 13.5. The van der Waals surface area contributed by atoms with E-state index in [4.69, 9.17) is 4.98 Å². The second kappa shape index (κ2) is 30.7. The van der Waals surface area contributed by atoms with E-state index in [1.54, 1.807) is 0 Å². The molecule has 0 saturated carbocycles. The van der Waals surface area contributed by atoms with Crippen LogP contribution in [0.3, 0.4) is 0 Å². The fourth-order valence-corrected chi connectivity index (χ4v) is 8.34. The molecule has 0 atom stereocenters. The third-order valence-electron chi connectivity index (χ3n) is 11.4. The van der Waals surface area contributed by atoms with Crippen molar-refractivity contribution in [1.82, 2.24) is 9.97 Å². The molecule has 2 aliphatic rings. The minimum absolute atomic E-state index is 0. The summed E-state index contributed by atoms with van der Waals surface area (Å²) in [6, 6.07) is 42.3. The smallest absolute Gasteiger partial charge is 0.159 e. The summed E-state index contributed by atoms with van der Waals surface area (Å²) in [5.41, 5.74) is 7.78. The average molecular weight is 1300 g/mol. The molecule has 0 unspecified atom stereocenters. The van der Waals surface area contributed by atoms with Crippen molar-refractivity contribution in [1.29, 1.82) is 0 Å². The average Bonchev–Trinajstić information content (AvgIpc) is 4.05. The Hall–Kier alpha value is -4.98. The number of nitrogens with zero attached hydrogens (tertiary/aromatic N) is 4. The van der Waals surface area contributed by atoms with Gasteiger partial charge in [0.1, 0.15) is 0 Å². The largest absolute Gasteiger partial charge is 0.512 e. The fraction of sp³-hybridized carbons (Fsp3) is 0.400. The number of rotatable bonds is 14. The number of aromatic nitrogens is 2. The van der Waals surface area contributed by atoms with Crippen LogP contribution in [0.4, 0.5) is 11.4 Å². The molecule has 4 aromatic carbocycles. The van der Waals surface area contributed by atoms with Gasteiger partial charge in [0.05, 0.1) is 17.0 Å². The van der Waals surface area contributed by atoms with Gasteiger partial charge in [0.15, 0.2) is 11.6 Å². The number of fused-ring (bicyclic) bond motifs is 2. The second-order valence-electron chi connectivity index (χ2n) is 19.7. The molecule has 8 rings (SSSR count). The zero-order valence-electron chi connectivity index (χ0n) is 42.5. The molecule has 2 aliphatic heterocycles. The zero-order valence-corrected chi connectivity index (χ0v) is 47.3. The van der Waals surface area contributed by atoms with E-state index in [0.29, 0.717) is 49.4 Å². The fourth-order valence-electron chi connectivity index (χ4n) is 8.34. The van der Waals surface area contributed by atoms with Crippen molar-refractivity contribution in [2.45, 2.75) is 107 Å². The van der Waals surface area contributed by atoms with Crippen molar-refractivity contribution in [2.24, 2.45) is 23.7 Å². The Morgan fingerprint density at radius 2 is 1.03 bits per heavy atom. The Morgan fingerprint density at radius 1 is 0.571 bits per heavy atom. The topological polar surface area (TPSA) is 107 Å². The third kappa shape index (κ3) is 20.0. The number of carbonyl (C=O) groups is 2. The van der Waals surface area contributed by atoms with Crippen molar-refractivity contribution in [2.75, 3.05) is 36.0 Å². The summed E-state index contributed by atoms with van der Waals surface area (Å²) in [5, 5.41) is 22.3. The van der Waals surface area contributed by atoms with Crippen molar-refractivity contribution in [3.8, 4) is 22.5 Å². The maximum Gasteiger partial charge on any atom is 0.159 e. The number of anilines is 2. The van der Waals surface area contributed by atoms with E-state index in [-0.39, 0.29) is 63.3 Å². The molecule has 10 heteroatoms. The summed E-state index contributed by atoms with van der Waals surface area (Å²) in [7, 11) is 0. The SMILES string of the molecule is CC(C)CC(=O)C=C(O)CC(C)C.CC(C)CC(=O)C=C(O)CC(C)C.[Ir].[Ir].[c-]1ccc(N2CCCC2)cc1-c1ccc2ccccc2n1.[c-]1ccc(N2CCCC2)cc1-c1nccc2ccccc12. The zero-order chi connectivity index (χ0) is 49.0. The number of allylic oxidation sites excluding steroid dienone is 4. The van der Waals surface area contributed by atoms with Gasteiger partial charge in [-0.05, 0) is 100 Å². The number of benzene rings is 4. The molecule has 2 fully saturated rings. The number of ketones is 2. The summed E-state index contributed by atoms with van der Waals surface area (Å²) < 4.78 is 0. The van der Waals surface area contributed by atoms with Crippen molar-refractivity contribution in [3.63, 3.8) is 0 Å². The molecule has 2 radical (unpaired) electrons. The minimum Gasteiger partial charge on any atom is -0.512 e. The monoisotopic (exact) mass is 1300 g/mol. The molecule has 4 heterocycles. The van der Waals surface area contributed by atoms with Crippen LogP contribution < -0.4 is 9.80 Å². The van der Waals surface area contributed by atoms with E-state index in [1.165, 1.54) is 65.4 Å². The molecule has 70 heavy (non-hydrogen) atoms. The molecular formula is C60H74Ir2N4O4-2. The molecule has 0 amide bonds. The van der Waals surface area contributed by atoms with Gasteiger partial charge < -0.3 is 25.0 Å². The number of carbonyl (C=O) groups excluding carboxylic acids is 2. The van der Waals surface area contributed by atoms with Gasteiger partial charge in [-0.25, -0.2) is 0 Å². The Morgan fingerprint density at radius 3 is 1.54 bits per heavy atom. The number of hydrogen-bond donors (Lipinski definition) is 2. The van der Waals surface area contributed by atoms with E-state index in [9.17, 15) is 19.8 Å². The van der Waals surface area contributed by atoms with Crippen LogP contribution in [-0.4, -0.2) is 57.9 Å². The van der Waals surface area contributed by atoms with Crippen molar-refractivity contribution >= 4 is 44.6 Å². The van der Waals surface area contributed by atoms with Gasteiger partial charge in [-0.15, -0.1) is 59.7 Å². The molecule has 0 aliphatic carbocycles. The quantitative estimate of drug-likeness (QED) is 0.0631. The van der Waals surface area contributed by atoms with Gasteiger partial charge in [-0.2, -0.15) is 0 Å². The van der Waals surface area contributed by atoms with E-state index in [2.05, 4.69) is 106 Å². The van der Waals surface area contributed by atoms with Gasteiger partial charge in [-0.3, -0.25) is 14.6 Å². The second-order valence-corrected chi connectivity index (χ2v) is 19.7. The standard InChI is InChI=1S/2C19H17N2.2C11H20O2.2Ir/c1-2-9-18-15(6-1)10-11-20-19(18)16-7-5-8-17(14-16)21-12-3-4-13-21;1-2-9-18-15(6-1)10-11-19(20-18)16-7-5-8-17(14-16)21-12-3-4-13-21;2*1-8(2)5-10(12)7-11(13)6-9(3)4;;/h2*1-2,5-6,8-11,14H,3-4,12-13H2;2*7-9,12H,5-6H2,1-4H3;;/q2*-1;;;;. The van der Waals surface area contributed by atoms with E-state index < -0.39 is 0 Å². The van der Waals surface area contributed by atoms with Crippen molar-refractivity contribution in [3.05, 3.63) is 145 Å². The van der Waals surface area contributed by atoms with Gasteiger partial charge >= 0.3 is 0 Å². The summed E-state index contributed by atoms with van der Waals surface area (Å²) in [4.78, 5) is 36.7. The molecule has 6 aromatic rings. The molecule has 2 N–H and O–H groups in total. The molecule has 0 bridgehead atoms. The maximum atomic E-state index is 11.2. The van der Waals surface area contributed by atoms with Crippen LogP contribution in [0, 0.1) is 35.8 Å². The van der Waals surface area contributed by atoms with Gasteiger partial charge in [0.2, 0.25) is 0 Å². The number of aliphatic hydroxyl groups is 2. The Bertz CT molecular complexity index is 2540. The Kier molecular flexibility index (Phi) is 26.0. The van der Waals surface area contributed by atoms with Gasteiger partial charge in [0, 0.05) is 110 Å². The van der Waals surface area contributed by atoms with Crippen LogP contribution >= 0.6 is 0 Å². The molecule has 2 saturated heterocycles. The maximum absolute atomic E-state index is 11.2. The summed E-state index contributed by atoms with van der Waals surface area (Å²) >= 11 is 0. The molecule has 378 valence electrons. The first-order valence-corrected chi connectivity index (χ1v) is 24.7. The van der Waals surface area contributed by atoms with E-state index in [0.717, 1.165) is 54.2 Å². The number of hydrogen-bond acceptors (Lipinski definition) is 8. The van der Waals surface area contributed by atoms with Crippen LogP contribution in [0.2, 0.25) is 0 Å². The predicted octanol–water partition coefficient (Wildman–Crippen LogP) is 14.8. The molecular weight excluding hydrogens is 1230 g/mol. The summed E-state index contributed by atoms with van der Waals surface area (Å²) in [6.45, 7) is 20.6. The first-order chi connectivity index (χ1) is 32.6. The summed E-state index contributed by atoms with van der Waals surface area (Å²) in [5.74, 6) is 1.96.